The predicted octanol–water partition coefficient (Wildman–Crippen LogP) is -0.665. The maximum absolute atomic E-state index is 2.16. The summed E-state index contributed by atoms with van der Waals surface area (Å²) in [7, 11) is 0. The summed E-state index contributed by atoms with van der Waals surface area (Å²) < 4.78 is 0. The maximum Gasteiger partial charge on any atom is 1.00 e. The molecule has 0 aliphatic rings. The molecule has 1 aromatic carbocycles. The summed E-state index contributed by atoms with van der Waals surface area (Å²) in [5.41, 5.74) is 4.25. The Labute approximate surface area is 78.9 Å². The summed E-state index contributed by atoms with van der Waals surface area (Å²) in [5, 5.41) is 0. The van der Waals surface area contributed by atoms with Crippen molar-refractivity contribution in [2.24, 2.45) is 0 Å². The quantitative estimate of drug-likeness (QED) is 0.323. The van der Waals surface area contributed by atoms with Gasteiger partial charge in [-0.2, -0.15) is 22.8 Å². The molecule has 0 spiro atoms. The molecule has 0 saturated carbocycles. The van der Waals surface area contributed by atoms with Crippen LogP contribution in [0.15, 0.2) is 12.1 Å². The Morgan fingerprint density at radius 1 is 1.33 bits per heavy atom. The monoisotopic (exact) mass is 130 g/mol. The van der Waals surface area contributed by atoms with E-state index in [0.29, 0.717) is 0 Å². The van der Waals surface area contributed by atoms with Crippen molar-refractivity contribution in [1.82, 2.24) is 0 Å². The zero-order valence-electron chi connectivity index (χ0n) is 6.65. The van der Waals surface area contributed by atoms with Crippen molar-refractivity contribution in [1.29, 1.82) is 0 Å². The van der Waals surface area contributed by atoms with Crippen LogP contribution in [0.5, 0.6) is 0 Å². The number of aryl methyl sites for hydroxylation is 2. The number of hydrogen-bond acceptors (Lipinski definition) is 0. The molecule has 0 unspecified atom stereocenters. The molecule has 44 valence electrons. The minimum atomic E-state index is 0. The second-order valence-electron chi connectivity index (χ2n) is 2.32. The number of rotatable bonds is 0. The zero-order valence-corrected chi connectivity index (χ0v) is 8.65. The van der Waals surface area contributed by atoms with Gasteiger partial charge in [0.2, 0.25) is 0 Å². The minimum Gasteiger partial charge on any atom is -0.210 e. The van der Waals surface area contributed by atoms with E-state index in [-0.39, 0.29) is 29.6 Å². The molecule has 0 heterocycles. The summed E-state index contributed by atoms with van der Waals surface area (Å²) in [6.07, 6.45) is 0. The molecule has 0 atom stereocenters. The molecular weight excluding hydrogens is 119 g/mol. The van der Waals surface area contributed by atoms with Crippen molar-refractivity contribution in [2.45, 2.75) is 20.8 Å². The summed E-state index contributed by atoms with van der Waals surface area (Å²) in [6, 6.07) is 4.31. The Kier molecular flexibility index (Phi) is 3.64. The molecule has 0 N–H and O–H groups in total. The third-order valence-electron chi connectivity index (χ3n) is 1.77. The van der Waals surface area contributed by atoms with Crippen LogP contribution < -0.4 is 29.6 Å². The van der Waals surface area contributed by atoms with Crippen LogP contribution in [-0.2, 0) is 0 Å². The Hall–Kier alpha value is 0.350. The molecule has 0 aliphatic heterocycles. The second-order valence-corrected chi connectivity index (χ2v) is 2.32. The van der Waals surface area contributed by atoms with E-state index in [9.17, 15) is 0 Å². The van der Waals surface area contributed by atoms with Crippen molar-refractivity contribution in [3.63, 3.8) is 0 Å². The molecule has 0 fully saturated rings. The largest absolute Gasteiger partial charge is 1.00 e. The van der Waals surface area contributed by atoms with Crippen LogP contribution in [0.2, 0.25) is 0 Å². The molecule has 0 aliphatic carbocycles. The molecule has 0 saturated heterocycles. The maximum atomic E-state index is 2.16. The molecule has 1 rings (SSSR count). The molecule has 0 nitrogen and oxygen atoms in total. The van der Waals surface area contributed by atoms with E-state index in [1.165, 1.54) is 16.7 Å². The Morgan fingerprint density at radius 2 is 1.89 bits per heavy atom. The third-order valence-corrected chi connectivity index (χ3v) is 1.77. The van der Waals surface area contributed by atoms with Gasteiger partial charge < -0.3 is 0 Å². The third kappa shape index (κ3) is 1.89. The fourth-order valence-corrected chi connectivity index (χ4v) is 0.811. The molecule has 0 radical (unpaired) electrons. The summed E-state index contributed by atoms with van der Waals surface area (Å²) in [5.74, 6) is 0. The van der Waals surface area contributed by atoms with Crippen LogP contribution in [0.4, 0.5) is 0 Å². The van der Waals surface area contributed by atoms with Crippen LogP contribution in [0.1, 0.15) is 16.7 Å². The van der Waals surface area contributed by atoms with Gasteiger partial charge in [-0.1, -0.05) is 20.8 Å². The van der Waals surface area contributed by atoms with E-state index < -0.39 is 0 Å². The van der Waals surface area contributed by atoms with Gasteiger partial charge in [-0.05, 0) is 0 Å². The second kappa shape index (κ2) is 3.50. The normalized spacial score (nSPS) is 8.78. The first-order valence-electron chi connectivity index (χ1n) is 2.91. The van der Waals surface area contributed by atoms with E-state index >= 15 is 0 Å². The predicted molar refractivity (Wildman–Crippen MR) is 36.2 cm³/mol. The summed E-state index contributed by atoms with van der Waals surface area (Å²) in [6.45, 7) is 6.44. The Bertz CT molecular complexity index is 167. The minimum absolute atomic E-state index is 0. The Balaban J connectivity index is 0.000000640. The van der Waals surface area contributed by atoms with E-state index in [2.05, 4.69) is 32.9 Å². The van der Waals surface area contributed by atoms with Gasteiger partial charge in [-0.3, -0.25) is 0 Å². The van der Waals surface area contributed by atoms with Gasteiger partial charge >= 0.3 is 29.6 Å². The summed E-state index contributed by atoms with van der Waals surface area (Å²) in [4.78, 5) is 0. The average Bonchev–Trinajstić information content (AvgIpc) is 1.98. The SMILES string of the molecule is Cc1cc[c-](C)c1C.[Na+]. The summed E-state index contributed by atoms with van der Waals surface area (Å²) >= 11 is 0. The van der Waals surface area contributed by atoms with Crippen LogP contribution >= 0.6 is 0 Å². The first kappa shape index (κ1) is 9.35. The first-order chi connectivity index (χ1) is 3.72. The Morgan fingerprint density at radius 3 is 2.00 bits per heavy atom. The average molecular weight is 130 g/mol. The molecule has 0 amide bonds. The van der Waals surface area contributed by atoms with Crippen molar-refractivity contribution < 1.29 is 29.6 Å². The fraction of sp³-hybridized carbons (Fsp3) is 0.375. The van der Waals surface area contributed by atoms with Crippen molar-refractivity contribution >= 4 is 0 Å². The smallest absolute Gasteiger partial charge is 0.210 e. The molecule has 0 aromatic heterocycles. The number of hydrogen-bond donors (Lipinski definition) is 0. The standard InChI is InChI=1S/C8H11.Na/c1-6-4-5-7(2)8(6)3;/h4-5H,1-3H3;/q-1;+1. The van der Waals surface area contributed by atoms with Gasteiger partial charge in [0, 0.05) is 0 Å². The molecule has 1 heteroatoms. The first-order valence-corrected chi connectivity index (χ1v) is 2.91. The van der Waals surface area contributed by atoms with Gasteiger partial charge in [-0.15, -0.1) is 0 Å². The molecule has 9 heavy (non-hydrogen) atoms. The fourth-order valence-electron chi connectivity index (χ4n) is 0.811. The van der Waals surface area contributed by atoms with Crippen molar-refractivity contribution in [3.05, 3.63) is 28.8 Å². The van der Waals surface area contributed by atoms with Gasteiger partial charge in [0.1, 0.15) is 0 Å². The van der Waals surface area contributed by atoms with Crippen LogP contribution in [-0.4, -0.2) is 0 Å². The topological polar surface area (TPSA) is 0 Å². The molecular formula is C8H11Na. The van der Waals surface area contributed by atoms with Crippen LogP contribution in [0, 0.1) is 20.8 Å². The van der Waals surface area contributed by atoms with E-state index in [4.69, 9.17) is 0 Å². The van der Waals surface area contributed by atoms with Gasteiger partial charge in [0.15, 0.2) is 0 Å². The van der Waals surface area contributed by atoms with Gasteiger partial charge in [-0.25, -0.2) is 6.07 Å². The van der Waals surface area contributed by atoms with E-state index in [0.717, 1.165) is 0 Å². The zero-order chi connectivity index (χ0) is 6.15. The van der Waals surface area contributed by atoms with Crippen LogP contribution in [0.3, 0.4) is 0 Å². The van der Waals surface area contributed by atoms with E-state index in [1.807, 2.05) is 0 Å². The van der Waals surface area contributed by atoms with Crippen molar-refractivity contribution in [2.75, 3.05) is 0 Å². The van der Waals surface area contributed by atoms with Gasteiger partial charge in [0.05, 0.1) is 0 Å². The van der Waals surface area contributed by atoms with Crippen LogP contribution in [0.25, 0.3) is 0 Å². The van der Waals surface area contributed by atoms with Crippen molar-refractivity contribution in [3.8, 4) is 0 Å². The molecule has 1 aromatic rings. The molecule has 0 bridgehead atoms. The van der Waals surface area contributed by atoms with E-state index in [1.54, 1.807) is 0 Å². The van der Waals surface area contributed by atoms with Gasteiger partial charge in [0.25, 0.3) is 0 Å².